The second-order valence-corrected chi connectivity index (χ2v) is 5.50. The number of nitrogens with one attached hydrogen (secondary N) is 1. The maximum absolute atomic E-state index is 11.5. The summed E-state index contributed by atoms with van der Waals surface area (Å²) >= 11 is 0. The van der Waals surface area contributed by atoms with Gasteiger partial charge in [0.15, 0.2) is 0 Å². The predicted molar refractivity (Wildman–Crippen MR) is 70.6 cm³/mol. The second-order valence-electron chi connectivity index (χ2n) is 5.50. The maximum atomic E-state index is 11.5. The van der Waals surface area contributed by atoms with Crippen molar-refractivity contribution in [2.45, 2.75) is 58.7 Å². The fraction of sp³-hybridized carbons (Fsp3) is 0.692. The van der Waals surface area contributed by atoms with Crippen LogP contribution in [0, 0.1) is 0 Å². The molecule has 0 saturated carbocycles. The summed E-state index contributed by atoms with van der Waals surface area (Å²) in [7, 11) is 0. The minimum Gasteiger partial charge on any atom is -0.480 e. The molecular weight excluding hydrogens is 230 g/mol. The van der Waals surface area contributed by atoms with E-state index in [1.165, 1.54) is 0 Å². The van der Waals surface area contributed by atoms with Crippen LogP contribution in [0.1, 0.15) is 46.4 Å². The van der Waals surface area contributed by atoms with E-state index in [-0.39, 0.29) is 12.0 Å². The van der Waals surface area contributed by atoms with Crippen molar-refractivity contribution in [3.63, 3.8) is 0 Å². The molecule has 5 nitrogen and oxygen atoms in total. The zero-order chi connectivity index (χ0) is 13.9. The highest BCUT2D eigenvalue weighted by Gasteiger charge is 2.34. The normalized spacial score (nSPS) is 15.1. The highest BCUT2D eigenvalue weighted by Crippen LogP contribution is 2.16. The third-order valence-corrected chi connectivity index (χ3v) is 2.83. The molecule has 1 aromatic rings. The average Bonchev–Trinajstić information content (AvgIpc) is 2.63. The lowest BCUT2D eigenvalue weighted by Gasteiger charge is -2.30. The van der Waals surface area contributed by atoms with E-state index in [1.807, 2.05) is 38.5 Å². The first-order chi connectivity index (χ1) is 8.26. The summed E-state index contributed by atoms with van der Waals surface area (Å²) in [6.45, 7) is 10.1. The SMILES string of the molecule is CC(C)NC(C)(Cn1ccnc1C(C)C)C(=O)O. The van der Waals surface area contributed by atoms with Gasteiger partial charge in [0.2, 0.25) is 0 Å². The Balaban J connectivity index is 2.97. The molecule has 0 bridgehead atoms. The lowest BCUT2D eigenvalue weighted by molar-refractivity contribution is -0.145. The summed E-state index contributed by atoms with van der Waals surface area (Å²) in [6.07, 6.45) is 3.55. The van der Waals surface area contributed by atoms with Gasteiger partial charge < -0.3 is 9.67 Å². The van der Waals surface area contributed by atoms with Gasteiger partial charge in [-0.2, -0.15) is 0 Å². The Labute approximate surface area is 108 Å². The van der Waals surface area contributed by atoms with Gasteiger partial charge in [-0.25, -0.2) is 4.98 Å². The molecule has 0 radical (unpaired) electrons. The number of carboxylic acid groups (broad SMARTS) is 1. The van der Waals surface area contributed by atoms with Gasteiger partial charge in [-0.05, 0) is 20.8 Å². The van der Waals surface area contributed by atoms with Crippen LogP contribution in [0.3, 0.4) is 0 Å². The highest BCUT2D eigenvalue weighted by atomic mass is 16.4. The molecular formula is C13H23N3O2. The summed E-state index contributed by atoms with van der Waals surface area (Å²) < 4.78 is 1.91. The van der Waals surface area contributed by atoms with Crippen LogP contribution in [0.15, 0.2) is 12.4 Å². The first-order valence-electron chi connectivity index (χ1n) is 6.28. The van der Waals surface area contributed by atoms with E-state index in [0.29, 0.717) is 6.54 Å². The van der Waals surface area contributed by atoms with Gasteiger partial charge in [-0.1, -0.05) is 13.8 Å². The molecule has 2 N–H and O–H groups in total. The first kappa shape index (κ1) is 14.7. The van der Waals surface area contributed by atoms with Crippen molar-refractivity contribution in [1.82, 2.24) is 14.9 Å². The van der Waals surface area contributed by atoms with Crippen LogP contribution in [-0.2, 0) is 11.3 Å². The number of aliphatic carboxylic acids is 1. The van der Waals surface area contributed by atoms with E-state index in [1.54, 1.807) is 13.1 Å². The fourth-order valence-corrected chi connectivity index (χ4v) is 2.11. The van der Waals surface area contributed by atoms with Crippen molar-refractivity contribution in [3.8, 4) is 0 Å². The van der Waals surface area contributed by atoms with Crippen molar-refractivity contribution < 1.29 is 9.90 Å². The van der Waals surface area contributed by atoms with Crippen LogP contribution in [0.5, 0.6) is 0 Å². The van der Waals surface area contributed by atoms with Crippen molar-refractivity contribution in [3.05, 3.63) is 18.2 Å². The smallest absolute Gasteiger partial charge is 0.325 e. The molecule has 5 heteroatoms. The van der Waals surface area contributed by atoms with E-state index in [9.17, 15) is 9.90 Å². The zero-order valence-corrected chi connectivity index (χ0v) is 11.8. The summed E-state index contributed by atoms with van der Waals surface area (Å²) in [6, 6.07) is 0.108. The molecule has 1 aromatic heterocycles. The van der Waals surface area contributed by atoms with E-state index in [2.05, 4.69) is 10.3 Å². The van der Waals surface area contributed by atoms with Crippen LogP contribution >= 0.6 is 0 Å². The Hall–Kier alpha value is -1.36. The van der Waals surface area contributed by atoms with Gasteiger partial charge >= 0.3 is 5.97 Å². The summed E-state index contributed by atoms with van der Waals surface area (Å²) in [5.41, 5.74) is -0.988. The highest BCUT2D eigenvalue weighted by molar-refractivity contribution is 5.78. The van der Waals surface area contributed by atoms with Crippen molar-refractivity contribution >= 4 is 5.97 Å². The molecule has 1 atom stereocenters. The molecule has 0 spiro atoms. The van der Waals surface area contributed by atoms with E-state index < -0.39 is 11.5 Å². The number of carbonyl (C=O) groups is 1. The fourth-order valence-electron chi connectivity index (χ4n) is 2.11. The zero-order valence-electron chi connectivity index (χ0n) is 11.8. The first-order valence-corrected chi connectivity index (χ1v) is 6.28. The van der Waals surface area contributed by atoms with Gasteiger partial charge in [0.05, 0.1) is 6.54 Å². The van der Waals surface area contributed by atoms with Gasteiger partial charge in [-0.3, -0.25) is 10.1 Å². The van der Waals surface area contributed by atoms with Crippen molar-refractivity contribution in [1.29, 1.82) is 0 Å². The molecule has 0 aliphatic carbocycles. The summed E-state index contributed by atoms with van der Waals surface area (Å²) in [5, 5.41) is 12.5. The Kier molecular flexibility index (Phi) is 4.51. The molecule has 0 aromatic carbocycles. The average molecular weight is 253 g/mol. The summed E-state index contributed by atoms with van der Waals surface area (Å²) in [4.78, 5) is 15.7. The summed E-state index contributed by atoms with van der Waals surface area (Å²) in [5.74, 6) is 0.338. The predicted octanol–water partition coefficient (Wildman–Crippen LogP) is 1.85. The molecule has 0 aliphatic rings. The maximum Gasteiger partial charge on any atom is 0.325 e. The molecule has 18 heavy (non-hydrogen) atoms. The minimum absolute atomic E-state index is 0.108. The molecule has 0 fully saturated rings. The Bertz CT molecular complexity index is 412. The molecule has 0 amide bonds. The van der Waals surface area contributed by atoms with Crippen molar-refractivity contribution in [2.75, 3.05) is 0 Å². The van der Waals surface area contributed by atoms with Crippen LogP contribution in [0.4, 0.5) is 0 Å². The molecule has 102 valence electrons. The lowest BCUT2D eigenvalue weighted by atomic mass is 10.0. The Morgan fingerprint density at radius 2 is 2.11 bits per heavy atom. The van der Waals surface area contributed by atoms with E-state index in [4.69, 9.17) is 0 Å². The van der Waals surface area contributed by atoms with Gasteiger partial charge in [-0.15, -0.1) is 0 Å². The molecule has 0 saturated heterocycles. The Morgan fingerprint density at radius 3 is 2.56 bits per heavy atom. The van der Waals surface area contributed by atoms with E-state index in [0.717, 1.165) is 5.82 Å². The van der Waals surface area contributed by atoms with Crippen LogP contribution < -0.4 is 5.32 Å². The van der Waals surface area contributed by atoms with E-state index >= 15 is 0 Å². The third-order valence-electron chi connectivity index (χ3n) is 2.83. The van der Waals surface area contributed by atoms with Crippen LogP contribution in [-0.4, -0.2) is 32.2 Å². The number of hydrogen-bond acceptors (Lipinski definition) is 3. The topological polar surface area (TPSA) is 67.2 Å². The van der Waals surface area contributed by atoms with Crippen LogP contribution in [0.25, 0.3) is 0 Å². The van der Waals surface area contributed by atoms with Gasteiger partial charge in [0.1, 0.15) is 11.4 Å². The Morgan fingerprint density at radius 1 is 1.50 bits per heavy atom. The lowest BCUT2D eigenvalue weighted by Crippen LogP contribution is -2.55. The third kappa shape index (κ3) is 3.32. The monoisotopic (exact) mass is 253 g/mol. The van der Waals surface area contributed by atoms with Crippen LogP contribution in [0.2, 0.25) is 0 Å². The number of aromatic nitrogens is 2. The quantitative estimate of drug-likeness (QED) is 0.812. The number of nitrogens with zero attached hydrogens (tertiary/aromatic N) is 2. The number of hydrogen-bond donors (Lipinski definition) is 2. The standard InChI is InChI=1S/C13H23N3O2/c1-9(2)11-14-6-7-16(11)8-13(5,12(17)18)15-10(3)4/h6-7,9-10,15H,8H2,1-5H3,(H,17,18). The number of imidazole rings is 1. The molecule has 1 rings (SSSR count). The van der Waals surface area contributed by atoms with Gasteiger partial charge in [0.25, 0.3) is 0 Å². The number of rotatable bonds is 6. The van der Waals surface area contributed by atoms with Gasteiger partial charge in [0, 0.05) is 24.4 Å². The largest absolute Gasteiger partial charge is 0.480 e. The molecule has 0 aliphatic heterocycles. The minimum atomic E-state index is -0.988. The molecule has 1 heterocycles. The van der Waals surface area contributed by atoms with Crippen molar-refractivity contribution in [2.24, 2.45) is 0 Å². The second kappa shape index (κ2) is 5.52. The number of carboxylic acids is 1. The molecule has 1 unspecified atom stereocenters.